The molecule has 0 nitrogen and oxygen atoms in total. The Morgan fingerprint density at radius 3 is 2.20 bits per heavy atom. The van der Waals surface area contributed by atoms with Crippen LogP contribution < -0.4 is 0 Å². The van der Waals surface area contributed by atoms with Crippen molar-refractivity contribution >= 4 is 0 Å². The van der Waals surface area contributed by atoms with Gasteiger partial charge < -0.3 is 0 Å². The summed E-state index contributed by atoms with van der Waals surface area (Å²) in [6.45, 7) is 4.42. The van der Waals surface area contributed by atoms with Crippen molar-refractivity contribution in [1.82, 2.24) is 0 Å². The molecular formula is C5H12. The molecular weight excluding hydrogens is 62.0 g/mol. The number of hydrogen-bond acceptors (Lipinski definition) is 0. The SMILES string of the molecule is CCC[14CH2]C. The van der Waals surface area contributed by atoms with Gasteiger partial charge in [0.15, 0.2) is 0 Å². The van der Waals surface area contributed by atoms with Gasteiger partial charge in [-0.05, 0) is 0 Å². The van der Waals surface area contributed by atoms with E-state index in [0.29, 0.717) is 0 Å². The van der Waals surface area contributed by atoms with E-state index in [1.807, 2.05) is 0 Å². The molecule has 0 aromatic heterocycles. The molecule has 0 spiro atoms. The Morgan fingerprint density at radius 2 is 2.20 bits per heavy atom. The van der Waals surface area contributed by atoms with Crippen molar-refractivity contribution in [2.75, 3.05) is 0 Å². The Hall–Kier alpha value is 0. The van der Waals surface area contributed by atoms with Crippen LogP contribution in [0.2, 0.25) is 0 Å². The molecule has 0 amide bonds. The van der Waals surface area contributed by atoms with E-state index in [1.165, 1.54) is 19.3 Å². The molecule has 0 heteroatoms. The van der Waals surface area contributed by atoms with Gasteiger partial charge in [-0.2, -0.15) is 0 Å². The van der Waals surface area contributed by atoms with Gasteiger partial charge >= 0.3 is 0 Å². The second-order valence-electron chi connectivity index (χ2n) is 1.35. The van der Waals surface area contributed by atoms with Gasteiger partial charge in [-0.15, -0.1) is 0 Å². The zero-order valence-electron chi connectivity index (χ0n) is 4.12. The van der Waals surface area contributed by atoms with E-state index in [9.17, 15) is 0 Å². The van der Waals surface area contributed by atoms with Crippen molar-refractivity contribution in [2.45, 2.75) is 33.1 Å². The van der Waals surface area contributed by atoms with E-state index in [2.05, 4.69) is 13.8 Å². The molecule has 0 aliphatic carbocycles. The zero-order chi connectivity index (χ0) is 4.12. The second-order valence-corrected chi connectivity index (χ2v) is 1.35. The van der Waals surface area contributed by atoms with Crippen molar-refractivity contribution in [3.63, 3.8) is 0 Å². The minimum Gasteiger partial charge on any atom is -0.0654 e. The third-order valence-corrected chi connectivity index (χ3v) is 0.707. The van der Waals surface area contributed by atoms with Gasteiger partial charge in [0.2, 0.25) is 0 Å². The molecule has 0 heterocycles. The summed E-state index contributed by atoms with van der Waals surface area (Å²) in [5, 5.41) is 0. The van der Waals surface area contributed by atoms with Gasteiger partial charge in [-0.25, -0.2) is 0 Å². The molecule has 0 saturated carbocycles. The van der Waals surface area contributed by atoms with Crippen molar-refractivity contribution in [3.05, 3.63) is 0 Å². The maximum atomic E-state index is 2.21. The van der Waals surface area contributed by atoms with E-state index in [-0.39, 0.29) is 0 Å². The predicted molar refractivity (Wildman–Crippen MR) is 25.2 cm³/mol. The number of hydrogen-bond donors (Lipinski definition) is 0. The quantitative estimate of drug-likeness (QED) is 0.471. The van der Waals surface area contributed by atoms with Crippen LogP contribution in [0, 0.1) is 0 Å². The van der Waals surface area contributed by atoms with Crippen molar-refractivity contribution < 1.29 is 0 Å². The van der Waals surface area contributed by atoms with E-state index >= 15 is 0 Å². The van der Waals surface area contributed by atoms with Crippen molar-refractivity contribution in [2.24, 2.45) is 0 Å². The summed E-state index contributed by atoms with van der Waals surface area (Å²) >= 11 is 0. The van der Waals surface area contributed by atoms with Crippen LogP contribution in [0.1, 0.15) is 33.1 Å². The van der Waals surface area contributed by atoms with Crippen LogP contribution in [0.5, 0.6) is 0 Å². The molecule has 0 aliphatic rings. The lowest BCUT2D eigenvalue weighted by molar-refractivity contribution is 0.772. The summed E-state index contributed by atoms with van der Waals surface area (Å²) in [5.74, 6) is 0. The molecule has 0 radical (unpaired) electrons. The summed E-state index contributed by atoms with van der Waals surface area (Å²) in [6.07, 6.45) is 4.08. The first-order chi connectivity index (χ1) is 2.41. The lowest BCUT2D eigenvalue weighted by Crippen LogP contribution is -1.59. The molecule has 0 aliphatic heterocycles. The standard InChI is InChI=1S/C5H12/c1-3-5-4-2/h3-5H2,1-2H3/i3+2. The molecule has 0 saturated heterocycles. The molecule has 32 valence electrons. The van der Waals surface area contributed by atoms with Crippen LogP contribution in [0.3, 0.4) is 0 Å². The molecule has 0 aromatic rings. The highest BCUT2D eigenvalue weighted by Crippen LogP contribution is 1.88. The summed E-state index contributed by atoms with van der Waals surface area (Å²) < 4.78 is 0. The minimum atomic E-state index is 1.34. The molecule has 0 bridgehead atoms. The maximum Gasteiger partial charge on any atom is -0.0538 e. The second kappa shape index (κ2) is 4.00. The van der Waals surface area contributed by atoms with E-state index in [1.54, 1.807) is 0 Å². The van der Waals surface area contributed by atoms with Crippen LogP contribution in [0.4, 0.5) is 0 Å². The van der Waals surface area contributed by atoms with E-state index < -0.39 is 0 Å². The molecule has 0 N–H and O–H groups in total. The monoisotopic (exact) mass is 74.1 g/mol. The Kier molecular flexibility index (Phi) is 4.00. The van der Waals surface area contributed by atoms with Gasteiger partial charge in [-0.3, -0.25) is 0 Å². The summed E-state index contributed by atoms with van der Waals surface area (Å²) in [6, 6.07) is 0. The molecule has 0 atom stereocenters. The van der Waals surface area contributed by atoms with Crippen LogP contribution in [0.15, 0.2) is 0 Å². The summed E-state index contributed by atoms with van der Waals surface area (Å²) in [4.78, 5) is 0. The Balaban J connectivity index is 2.19. The Labute approximate surface area is 34.2 Å². The fourth-order valence-corrected chi connectivity index (χ4v) is 0.354. The summed E-state index contributed by atoms with van der Waals surface area (Å²) in [5.41, 5.74) is 0. The van der Waals surface area contributed by atoms with Crippen LogP contribution in [0.25, 0.3) is 0 Å². The Morgan fingerprint density at radius 1 is 1.60 bits per heavy atom. The molecule has 5 heavy (non-hydrogen) atoms. The lowest BCUT2D eigenvalue weighted by atomic mass is 10.5. The average molecular weight is 74.1 g/mol. The normalized spacial score (nSPS) is 8.40. The molecule has 0 fully saturated rings. The predicted octanol–water partition coefficient (Wildman–Crippen LogP) is 2.20. The van der Waals surface area contributed by atoms with Crippen molar-refractivity contribution in [1.29, 1.82) is 0 Å². The molecule has 0 rings (SSSR count). The van der Waals surface area contributed by atoms with Gasteiger partial charge in [-0.1, -0.05) is 33.1 Å². The van der Waals surface area contributed by atoms with Crippen LogP contribution >= 0.6 is 0 Å². The molecule has 0 aromatic carbocycles. The van der Waals surface area contributed by atoms with Gasteiger partial charge in [0.1, 0.15) is 0 Å². The fourth-order valence-electron chi connectivity index (χ4n) is 0.354. The lowest BCUT2D eigenvalue weighted by Gasteiger charge is -1.79. The van der Waals surface area contributed by atoms with E-state index in [4.69, 9.17) is 0 Å². The highest BCUT2D eigenvalue weighted by molar-refractivity contribution is 4.24. The first-order valence-corrected chi connectivity index (χ1v) is 2.41. The van der Waals surface area contributed by atoms with Gasteiger partial charge in [0.25, 0.3) is 0 Å². The third-order valence-electron chi connectivity index (χ3n) is 0.707. The van der Waals surface area contributed by atoms with Crippen LogP contribution in [-0.2, 0) is 0 Å². The highest BCUT2D eigenvalue weighted by atomic mass is 14.8. The first-order valence-electron chi connectivity index (χ1n) is 2.41. The Bertz CT molecular complexity index is 7.51. The highest BCUT2D eigenvalue weighted by Gasteiger charge is 1.68. The largest absolute Gasteiger partial charge is 0.0654 e. The van der Waals surface area contributed by atoms with Gasteiger partial charge in [0, 0.05) is 0 Å². The van der Waals surface area contributed by atoms with E-state index in [0.717, 1.165) is 0 Å². The van der Waals surface area contributed by atoms with Crippen LogP contribution in [-0.4, -0.2) is 0 Å². The molecule has 0 unspecified atom stereocenters. The smallest absolute Gasteiger partial charge is 0.0538 e. The maximum absolute atomic E-state index is 2.21. The number of unbranched alkanes of at least 4 members (excludes halogenated alkanes) is 2. The fraction of sp³-hybridized carbons (Fsp3) is 1.00. The first kappa shape index (κ1) is 5.00. The third kappa shape index (κ3) is 4.00. The zero-order valence-corrected chi connectivity index (χ0v) is 4.12. The average Bonchev–Trinajstić information content (AvgIpc) is 1.41. The summed E-state index contributed by atoms with van der Waals surface area (Å²) in [7, 11) is 0. The minimum absolute atomic E-state index is 1.34. The number of rotatable bonds is 2. The van der Waals surface area contributed by atoms with Gasteiger partial charge in [0.05, 0.1) is 0 Å². The topological polar surface area (TPSA) is 0 Å². The van der Waals surface area contributed by atoms with Crippen molar-refractivity contribution in [3.8, 4) is 0 Å².